The van der Waals surface area contributed by atoms with Crippen LogP contribution in [0.3, 0.4) is 0 Å². The largest absolute Gasteiger partial charge is 0.432 e. The maximum atomic E-state index is 12.1. The standard InChI is InChI=1S/C10H9ClF3N3/c1-6(5-8(15)10(12,13)14)17-9-7(11)3-2-4-16-9/h2-5,15H,1H3,(H,16,17)/b6-5-,15-8?. The van der Waals surface area contributed by atoms with E-state index in [0.29, 0.717) is 11.1 Å². The molecule has 7 heteroatoms. The van der Waals surface area contributed by atoms with Gasteiger partial charge in [-0.2, -0.15) is 13.2 Å². The third-order valence-electron chi connectivity index (χ3n) is 1.74. The molecular weight excluding hydrogens is 255 g/mol. The van der Waals surface area contributed by atoms with Gasteiger partial charge >= 0.3 is 6.18 Å². The fraction of sp³-hybridized carbons (Fsp3) is 0.200. The molecule has 2 N–H and O–H groups in total. The predicted molar refractivity (Wildman–Crippen MR) is 60.4 cm³/mol. The van der Waals surface area contributed by atoms with Crippen molar-refractivity contribution < 1.29 is 13.2 Å². The lowest BCUT2D eigenvalue weighted by molar-refractivity contribution is -0.0584. The van der Waals surface area contributed by atoms with E-state index in [9.17, 15) is 13.2 Å². The Morgan fingerprint density at radius 1 is 1.53 bits per heavy atom. The van der Waals surface area contributed by atoms with Gasteiger partial charge in [0.2, 0.25) is 0 Å². The number of rotatable bonds is 3. The molecular formula is C10H9ClF3N3. The minimum atomic E-state index is -4.66. The molecule has 0 radical (unpaired) electrons. The van der Waals surface area contributed by atoms with Crippen LogP contribution in [0, 0.1) is 5.41 Å². The van der Waals surface area contributed by atoms with Crippen molar-refractivity contribution in [1.29, 1.82) is 5.41 Å². The van der Waals surface area contributed by atoms with Crippen molar-refractivity contribution in [2.24, 2.45) is 0 Å². The molecule has 0 aliphatic rings. The van der Waals surface area contributed by atoms with Crippen LogP contribution in [0.2, 0.25) is 5.02 Å². The summed E-state index contributed by atoms with van der Waals surface area (Å²) in [4.78, 5) is 3.85. The molecule has 0 saturated carbocycles. The van der Waals surface area contributed by atoms with E-state index in [-0.39, 0.29) is 11.5 Å². The third-order valence-corrected chi connectivity index (χ3v) is 2.05. The number of anilines is 1. The SMILES string of the molecule is C/C(=C/C(=N)C(F)(F)F)Nc1ncccc1Cl. The van der Waals surface area contributed by atoms with Crippen LogP contribution in [-0.4, -0.2) is 16.9 Å². The minimum absolute atomic E-state index is 0.132. The highest BCUT2D eigenvalue weighted by atomic mass is 35.5. The molecule has 0 aromatic carbocycles. The van der Waals surface area contributed by atoms with Crippen molar-refractivity contribution in [3.63, 3.8) is 0 Å². The van der Waals surface area contributed by atoms with Crippen LogP contribution in [-0.2, 0) is 0 Å². The van der Waals surface area contributed by atoms with Gasteiger partial charge in [0.05, 0.1) is 5.02 Å². The van der Waals surface area contributed by atoms with E-state index in [1.807, 2.05) is 0 Å². The van der Waals surface area contributed by atoms with E-state index in [2.05, 4.69) is 10.3 Å². The van der Waals surface area contributed by atoms with Crippen LogP contribution in [0.4, 0.5) is 19.0 Å². The topological polar surface area (TPSA) is 48.8 Å². The first-order valence-corrected chi connectivity index (χ1v) is 4.90. The van der Waals surface area contributed by atoms with Gasteiger partial charge in [-0.1, -0.05) is 11.6 Å². The first kappa shape index (κ1) is 13.5. The third kappa shape index (κ3) is 4.07. The summed E-state index contributed by atoms with van der Waals surface area (Å²) in [5.74, 6) is 0.248. The van der Waals surface area contributed by atoms with Crippen LogP contribution in [0.15, 0.2) is 30.1 Å². The first-order valence-electron chi connectivity index (χ1n) is 4.52. The summed E-state index contributed by atoms with van der Waals surface area (Å²) >= 11 is 5.77. The number of hydrogen-bond donors (Lipinski definition) is 2. The maximum absolute atomic E-state index is 12.1. The minimum Gasteiger partial charge on any atom is -0.343 e. The lowest BCUT2D eigenvalue weighted by Gasteiger charge is -2.09. The molecule has 0 amide bonds. The number of aromatic nitrogens is 1. The van der Waals surface area contributed by atoms with Crippen molar-refractivity contribution in [2.75, 3.05) is 5.32 Å². The zero-order chi connectivity index (χ0) is 13.1. The van der Waals surface area contributed by atoms with Gasteiger partial charge in [-0.15, -0.1) is 0 Å². The smallest absolute Gasteiger partial charge is 0.343 e. The summed E-state index contributed by atoms with van der Waals surface area (Å²) in [6.07, 6.45) is -2.53. The van der Waals surface area contributed by atoms with Gasteiger partial charge in [0.1, 0.15) is 11.5 Å². The number of halogens is 4. The maximum Gasteiger partial charge on any atom is 0.432 e. The lowest BCUT2D eigenvalue weighted by atomic mass is 10.3. The number of pyridine rings is 1. The molecule has 0 fully saturated rings. The first-order chi connectivity index (χ1) is 7.80. The van der Waals surface area contributed by atoms with Crippen molar-refractivity contribution in [3.8, 4) is 0 Å². The summed E-state index contributed by atoms with van der Waals surface area (Å²) in [5.41, 5.74) is -1.30. The average Bonchev–Trinajstić information content (AvgIpc) is 2.20. The highest BCUT2D eigenvalue weighted by molar-refractivity contribution is 6.32. The molecule has 3 nitrogen and oxygen atoms in total. The monoisotopic (exact) mass is 263 g/mol. The highest BCUT2D eigenvalue weighted by Crippen LogP contribution is 2.21. The summed E-state index contributed by atoms with van der Waals surface area (Å²) in [6, 6.07) is 3.16. The second-order valence-electron chi connectivity index (χ2n) is 3.20. The molecule has 0 saturated heterocycles. The summed E-state index contributed by atoms with van der Waals surface area (Å²) < 4.78 is 36.3. The highest BCUT2D eigenvalue weighted by Gasteiger charge is 2.32. The molecule has 1 aromatic rings. The number of nitrogens with zero attached hydrogens (tertiary/aromatic N) is 1. The molecule has 17 heavy (non-hydrogen) atoms. The van der Waals surface area contributed by atoms with Crippen LogP contribution in [0.5, 0.6) is 0 Å². The lowest BCUT2D eigenvalue weighted by Crippen LogP contribution is -2.20. The van der Waals surface area contributed by atoms with E-state index in [1.165, 1.54) is 13.1 Å². The molecule has 0 aliphatic carbocycles. The van der Waals surface area contributed by atoms with Crippen LogP contribution in [0.25, 0.3) is 0 Å². The Morgan fingerprint density at radius 2 is 2.18 bits per heavy atom. The van der Waals surface area contributed by atoms with Gasteiger partial charge in [-0.3, -0.25) is 5.41 Å². The van der Waals surface area contributed by atoms with Gasteiger partial charge in [-0.25, -0.2) is 4.98 Å². The zero-order valence-electron chi connectivity index (χ0n) is 8.77. The van der Waals surface area contributed by atoms with Crippen molar-refractivity contribution in [1.82, 2.24) is 4.98 Å². The number of hydrogen-bond acceptors (Lipinski definition) is 3. The Kier molecular flexibility index (Phi) is 4.11. The zero-order valence-corrected chi connectivity index (χ0v) is 9.52. The normalized spacial score (nSPS) is 12.4. The van der Waals surface area contributed by atoms with Crippen LogP contribution in [0.1, 0.15) is 6.92 Å². The molecule has 0 spiro atoms. The fourth-order valence-corrected chi connectivity index (χ4v) is 1.17. The van der Waals surface area contributed by atoms with Gasteiger partial charge < -0.3 is 5.32 Å². The van der Waals surface area contributed by atoms with Gasteiger partial charge in [-0.05, 0) is 25.1 Å². The Bertz CT molecular complexity index is 454. The van der Waals surface area contributed by atoms with E-state index >= 15 is 0 Å². The van der Waals surface area contributed by atoms with E-state index in [0.717, 1.165) is 0 Å². The Morgan fingerprint density at radius 3 is 2.71 bits per heavy atom. The summed E-state index contributed by atoms with van der Waals surface area (Å²) in [5, 5.41) is 9.68. The van der Waals surface area contributed by atoms with Gasteiger partial charge in [0.25, 0.3) is 0 Å². The van der Waals surface area contributed by atoms with Crippen LogP contribution < -0.4 is 5.32 Å². The molecule has 0 unspecified atom stereocenters. The second kappa shape index (κ2) is 5.18. The molecule has 1 heterocycles. The number of nitrogens with one attached hydrogen (secondary N) is 2. The molecule has 0 bridgehead atoms. The number of allylic oxidation sites excluding steroid dienone is 2. The molecule has 0 atom stereocenters. The van der Waals surface area contributed by atoms with Crippen LogP contribution >= 0.6 is 11.6 Å². The van der Waals surface area contributed by atoms with Crippen molar-refractivity contribution in [3.05, 3.63) is 35.1 Å². The molecule has 1 rings (SSSR count). The molecule has 0 aliphatic heterocycles. The molecule has 1 aromatic heterocycles. The van der Waals surface area contributed by atoms with E-state index < -0.39 is 11.9 Å². The fourth-order valence-electron chi connectivity index (χ4n) is 0.999. The summed E-state index contributed by atoms with van der Waals surface area (Å²) in [6.45, 7) is 1.39. The van der Waals surface area contributed by atoms with Gasteiger partial charge in [0.15, 0.2) is 0 Å². The number of alkyl halides is 3. The molecule has 92 valence electrons. The van der Waals surface area contributed by atoms with E-state index in [4.69, 9.17) is 17.0 Å². The predicted octanol–water partition coefficient (Wildman–Crippen LogP) is 3.63. The second-order valence-corrected chi connectivity index (χ2v) is 3.60. The van der Waals surface area contributed by atoms with Gasteiger partial charge in [0, 0.05) is 11.9 Å². The Balaban J connectivity index is 2.80. The Hall–Kier alpha value is -1.56. The summed E-state index contributed by atoms with van der Waals surface area (Å²) in [7, 11) is 0. The van der Waals surface area contributed by atoms with E-state index in [1.54, 1.807) is 12.1 Å². The Labute approximate surface area is 101 Å². The quantitative estimate of drug-likeness (QED) is 0.818. The average molecular weight is 264 g/mol. The van der Waals surface area contributed by atoms with Crippen molar-refractivity contribution in [2.45, 2.75) is 13.1 Å². The van der Waals surface area contributed by atoms with Crippen molar-refractivity contribution >= 4 is 23.1 Å².